The fourth-order valence-corrected chi connectivity index (χ4v) is 1.23. The van der Waals surface area contributed by atoms with E-state index in [0.29, 0.717) is 0 Å². The summed E-state index contributed by atoms with van der Waals surface area (Å²) in [7, 11) is 1.67. The molecule has 0 saturated carbocycles. The Morgan fingerprint density at radius 3 is 2.64 bits per heavy atom. The van der Waals surface area contributed by atoms with E-state index in [9.17, 15) is 0 Å². The minimum atomic E-state index is 0. The van der Waals surface area contributed by atoms with Gasteiger partial charge < -0.3 is 21.7 Å². The molecular formula is C11H9BrMgO. The number of methoxy groups -OCH3 is 1. The molecule has 14 heavy (non-hydrogen) atoms. The fraction of sp³-hybridized carbons (Fsp3) is 0.0909. The molecule has 0 radical (unpaired) electrons. The first-order chi connectivity index (χ1) is 5.90. The molecule has 0 aliphatic heterocycles. The van der Waals surface area contributed by atoms with Crippen LogP contribution in [0.5, 0.6) is 5.75 Å². The van der Waals surface area contributed by atoms with Crippen LogP contribution in [-0.4, -0.2) is 30.2 Å². The van der Waals surface area contributed by atoms with Gasteiger partial charge >= 0.3 is 23.1 Å². The topological polar surface area (TPSA) is 9.23 Å². The van der Waals surface area contributed by atoms with Gasteiger partial charge in [0, 0.05) is 0 Å². The van der Waals surface area contributed by atoms with Crippen molar-refractivity contribution in [1.82, 2.24) is 0 Å². The van der Waals surface area contributed by atoms with Crippen LogP contribution in [0.1, 0.15) is 0 Å². The summed E-state index contributed by atoms with van der Waals surface area (Å²) in [5.74, 6) is 0.891. The van der Waals surface area contributed by atoms with Crippen molar-refractivity contribution in [2.45, 2.75) is 0 Å². The van der Waals surface area contributed by atoms with Gasteiger partial charge in [-0.1, -0.05) is 12.1 Å². The summed E-state index contributed by atoms with van der Waals surface area (Å²) in [4.78, 5) is 0. The second-order valence-corrected chi connectivity index (χ2v) is 2.64. The molecule has 0 bridgehead atoms. The van der Waals surface area contributed by atoms with Crippen LogP contribution in [0.2, 0.25) is 0 Å². The second-order valence-electron chi connectivity index (χ2n) is 2.64. The number of hydrogen-bond acceptors (Lipinski definition) is 1. The Kier molecular flexibility index (Phi) is 6.16. The van der Waals surface area contributed by atoms with E-state index < -0.39 is 0 Å². The molecule has 0 atom stereocenters. The zero-order valence-corrected chi connectivity index (χ0v) is 11.0. The molecule has 1 nitrogen and oxygen atoms in total. The van der Waals surface area contributed by atoms with Crippen LogP contribution >= 0.6 is 0 Å². The number of rotatable bonds is 1. The summed E-state index contributed by atoms with van der Waals surface area (Å²) < 4.78 is 5.11. The Morgan fingerprint density at radius 1 is 1.14 bits per heavy atom. The number of ether oxygens (including phenoxy) is 1. The predicted molar refractivity (Wildman–Crippen MR) is 55.1 cm³/mol. The third-order valence-corrected chi connectivity index (χ3v) is 1.89. The van der Waals surface area contributed by atoms with Gasteiger partial charge in [0.15, 0.2) is 0 Å². The van der Waals surface area contributed by atoms with Crippen LogP contribution in [0.25, 0.3) is 10.8 Å². The van der Waals surface area contributed by atoms with Crippen molar-refractivity contribution < 1.29 is 21.7 Å². The molecule has 2 aromatic rings. The summed E-state index contributed by atoms with van der Waals surface area (Å²) in [5.41, 5.74) is 0. The van der Waals surface area contributed by atoms with Crippen molar-refractivity contribution in [3.8, 4) is 5.75 Å². The van der Waals surface area contributed by atoms with Gasteiger partial charge in [-0.25, -0.2) is 0 Å². The average Bonchev–Trinajstić information content (AvgIpc) is 2.17. The minimum Gasteiger partial charge on any atom is -1.00 e. The van der Waals surface area contributed by atoms with Crippen LogP contribution in [-0.2, 0) is 0 Å². The van der Waals surface area contributed by atoms with Crippen LogP contribution in [0.3, 0.4) is 0 Å². The Bertz CT molecular complexity index is 403. The quantitative estimate of drug-likeness (QED) is 0.486. The first kappa shape index (κ1) is 13.7. The Balaban J connectivity index is 0.000000845. The smallest absolute Gasteiger partial charge is 1.00 e. The normalized spacial score (nSPS) is 8.64. The fourth-order valence-electron chi connectivity index (χ4n) is 1.23. The summed E-state index contributed by atoms with van der Waals surface area (Å²) in [5, 5.41) is 2.38. The zero-order chi connectivity index (χ0) is 8.39. The molecule has 0 aliphatic carbocycles. The van der Waals surface area contributed by atoms with Crippen LogP contribution in [0.15, 0.2) is 36.4 Å². The number of fused-ring (bicyclic) bond motifs is 1. The van der Waals surface area contributed by atoms with Gasteiger partial charge in [0.25, 0.3) is 0 Å². The SMILES string of the molecule is COc1ccc2cc[c-]cc2c1.[Br-].[Mg+2]. The molecule has 0 unspecified atom stereocenters. The van der Waals surface area contributed by atoms with E-state index in [4.69, 9.17) is 4.74 Å². The first-order valence-corrected chi connectivity index (χ1v) is 3.84. The van der Waals surface area contributed by atoms with E-state index in [1.54, 1.807) is 7.11 Å². The number of halogens is 1. The zero-order valence-electron chi connectivity index (χ0n) is 7.96. The molecule has 0 fully saturated rings. The minimum absolute atomic E-state index is 0. The van der Waals surface area contributed by atoms with Gasteiger partial charge in [0.05, 0.1) is 7.11 Å². The molecule has 68 valence electrons. The molecule has 0 aliphatic rings. The van der Waals surface area contributed by atoms with Crippen LogP contribution < -0.4 is 21.7 Å². The maximum Gasteiger partial charge on any atom is 2.00 e. The van der Waals surface area contributed by atoms with Gasteiger partial charge in [-0.3, -0.25) is 0 Å². The van der Waals surface area contributed by atoms with Gasteiger partial charge in [0.1, 0.15) is 5.75 Å². The van der Waals surface area contributed by atoms with Crippen LogP contribution in [0, 0.1) is 6.07 Å². The molecule has 0 N–H and O–H groups in total. The third-order valence-electron chi connectivity index (χ3n) is 1.89. The average molecular weight is 261 g/mol. The van der Waals surface area contributed by atoms with Crippen molar-refractivity contribution in [3.05, 3.63) is 42.5 Å². The van der Waals surface area contributed by atoms with Crippen molar-refractivity contribution in [3.63, 3.8) is 0 Å². The standard InChI is InChI=1S/C11H9O.BrH.Mg/c1-12-11-7-6-9-4-2-3-5-10(9)8-11;;/h2,4-8H,1H3;1H;/q-1;;+2/p-1. The molecule has 2 aromatic carbocycles. The third kappa shape index (κ3) is 2.87. The predicted octanol–water partition coefficient (Wildman–Crippen LogP) is -0.728. The van der Waals surface area contributed by atoms with E-state index in [2.05, 4.69) is 6.07 Å². The van der Waals surface area contributed by atoms with E-state index in [0.717, 1.165) is 11.1 Å². The van der Waals surface area contributed by atoms with Gasteiger partial charge in [0.2, 0.25) is 0 Å². The molecule has 0 aromatic heterocycles. The van der Waals surface area contributed by atoms with Crippen LogP contribution in [0.4, 0.5) is 0 Å². The van der Waals surface area contributed by atoms with Crippen molar-refractivity contribution in [1.29, 1.82) is 0 Å². The summed E-state index contributed by atoms with van der Waals surface area (Å²) in [6.07, 6.45) is 0. The summed E-state index contributed by atoms with van der Waals surface area (Å²) >= 11 is 0. The van der Waals surface area contributed by atoms with Crippen molar-refractivity contribution in [2.24, 2.45) is 0 Å². The molecule has 2 rings (SSSR count). The van der Waals surface area contributed by atoms with Crippen molar-refractivity contribution in [2.75, 3.05) is 7.11 Å². The molecule has 0 saturated heterocycles. The monoisotopic (exact) mass is 260 g/mol. The largest absolute Gasteiger partial charge is 2.00 e. The number of benzene rings is 2. The van der Waals surface area contributed by atoms with E-state index in [1.165, 1.54) is 5.39 Å². The molecule has 3 heteroatoms. The Labute approximate surface area is 110 Å². The van der Waals surface area contributed by atoms with Gasteiger partial charge in [-0.05, 0) is 6.07 Å². The summed E-state index contributed by atoms with van der Waals surface area (Å²) in [6, 6.07) is 14.9. The van der Waals surface area contributed by atoms with E-state index >= 15 is 0 Å². The van der Waals surface area contributed by atoms with Gasteiger partial charge in [-0.15, -0.1) is 10.8 Å². The van der Waals surface area contributed by atoms with Crippen molar-refractivity contribution >= 4 is 33.8 Å². The Hall–Kier alpha value is -0.254. The molecule has 0 spiro atoms. The van der Waals surface area contributed by atoms with E-state index in [1.807, 2.05) is 36.4 Å². The number of hydrogen-bond donors (Lipinski definition) is 0. The maximum atomic E-state index is 5.11. The molecule has 0 heterocycles. The maximum absolute atomic E-state index is 5.11. The first-order valence-electron chi connectivity index (χ1n) is 3.84. The molecular weight excluding hydrogens is 252 g/mol. The summed E-state index contributed by atoms with van der Waals surface area (Å²) in [6.45, 7) is 0. The van der Waals surface area contributed by atoms with Gasteiger partial charge in [-0.2, -0.15) is 24.3 Å². The molecule has 0 amide bonds. The second kappa shape index (κ2) is 6.27. The Morgan fingerprint density at radius 2 is 1.93 bits per heavy atom. The van der Waals surface area contributed by atoms with E-state index in [-0.39, 0.29) is 40.0 Å².